The van der Waals surface area contributed by atoms with Crippen molar-refractivity contribution in [3.05, 3.63) is 24.3 Å². The number of methoxy groups -OCH3 is 1. The average molecular weight is 412 g/mol. The lowest BCUT2D eigenvalue weighted by Crippen LogP contribution is -2.52. The van der Waals surface area contributed by atoms with Gasteiger partial charge in [0.25, 0.3) is 0 Å². The van der Waals surface area contributed by atoms with Gasteiger partial charge in [0.05, 0.1) is 6.10 Å². The second-order valence-corrected chi connectivity index (χ2v) is 8.41. The maximum absolute atomic E-state index is 13.0. The van der Waals surface area contributed by atoms with E-state index in [1.807, 2.05) is 0 Å². The first-order valence-corrected chi connectivity index (χ1v) is 10.5. The summed E-state index contributed by atoms with van der Waals surface area (Å²) in [5.74, 6) is 0.866. The number of fused-ring (bicyclic) bond motifs is 1. The molecule has 7 atom stereocenters. The van der Waals surface area contributed by atoms with Crippen LogP contribution in [0.3, 0.4) is 0 Å². The smallest absolute Gasteiger partial charge is 0.235 e. The second-order valence-electron chi connectivity index (χ2n) is 8.41. The van der Waals surface area contributed by atoms with Gasteiger partial charge in [0, 0.05) is 26.4 Å². The number of hydrogen-bond acceptors (Lipinski definition) is 6. The van der Waals surface area contributed by atoms with Crippen LogP contribution >= 0.6 is 0 Å². The van der Waals surface area contributed by atoms with E-state index < -0.39 is 18.4 Å². The van der Waals surface area contributed by atoms with Gasteiger partial charge in [-0.25, -0.2) is 14.5 Å². The van der Waals surface area contributed by atoms with Gasteiger partial charge in [-0.2, -0.15) is 0 Å². The predicted octanol–water partition coefficient (Wildman–Crippen LogP) is 5.17. The standard InChI is InChI=1S/C22H33FO6/c1-14(19-7-5-6-16-12-13-22(3,29-24)28-20(16)19)21(25-4)27-18-10-8-17(9-11-18)26-15(2)23/h8-11,14-16,19-21,24H,5-7,12-13H2,1-4H3/t14-,15?,16-,19+,20?,21-,22+/m1/s1. The summed E-state index contributed by atoms with van der Waals surface area (Å²) >= 11 is 0. The fraction of sp³-hybridized carbons (Fsp3) is 0.727. The minimum absolute atomic E-state index is 0.00674. The van der Waals surface area contributed by atoms with Crippen LogP contribution in [0, 0.1) is 17.8 Å². The van der Waals surface area contributed by atoms with E-state index in [-0.39, 0.29) is 17.9 Å². The maximum Gasteiger partial charge on any atom is 0.235 e. The molecule has 2 aliphatic rings. The van der Waals surface area contributed by atoms with Gasteiger partial charge < -0.3 is 18.9 Å². The van der Waals surface area contributed by atoms with E-state index in [4.69, 9.17) is 18.9 Å². The third kappa shape index (κ3) is 5.40. The van der Waals surface area contributed by atoms with E-state index in [1.54, 1.807) is 38.3 Å². The molecule has 1 aromatic rings. The fourth-order valence-electron chi connectivity index (χ4n) is 4.70. The second kappa shape index (κ2) is 9.60. The van der Waals surface area contributed by atoms with E-state index >= 15 is 0 Å². The molecule has 1 aromatic carbocycles. The van der Waals surface area contributed by atoms with Crippen LogP contribution in [0.2, 0.25) is 0 Å². The quantitative estimate of drug-likeness (QED) is 0.361. The highest BCUT2D eigenvalue weighted by molar-refractivity contribution is 5.31. The lowest BCUT2D eigenvalue weighted by molar-refractivity contribution is -0.426. The molecule has 0 spiro atoms. The van der Waals surface area contributed by atoms with Gasteiger partial charge in [0.2, 0.25) is 12.6 Å². The lowest BCUT2D eigenvalue weighted by atomic mass is 9.70. The van der Waals surface area contributed by atoms with Crippen LogP contribution in [-0.2, 0) is 14.4 Å². The number of benzene rings is 1. The van der Waals surface area contributed by atoms with Crippen molar-refractivity contribution in [2.75, 3.05) is 7.11 Å². The first kappa shape index (κ1) is 22.3. The van der Waals surface area contributed by atoms with Crippen molar-refractivity contribution < 1.29 is 33.5 Å². The Morgan fingerprint density at radius 1 is 1.10 bits per heavy atom. The van der Waals surface area contributed by atoms with Crippen molar-refractivity contribution in [3.63, 3.8) is 0 Å². The molecular formula is C22H33FO6. The molecule has 0 bridgehead atoms. The number of halogens is 1. The molecule has 0 amide bonds. The Morgan fingerprint density at radius 3 is 2.34 bits per heavy atom. The van der Waals surface area contributed by atoms with Crippen molar-refractivity contribution in [2.24, 2.45) is 17.8 Å². The van der Waals surface area contributed by atoms with E-state index in [0.717, 1.165) is 25.7 Å². The van der Waals surface area contributed by atoms with E-state index in [2.05, 4.69) is 11.8 Å². The highest BCUT2D eigenvalue weighted by atomic mass is 19.1. The minimum atomic E-state index is -1.36. The molecule has 2 fully saturated rings. The Balaban J connectivity index is 1.68. The highest BCUT2D eigenvalue weighted by Gasteiger charge is 2.47. The molecule has 1 saturated carbocycles. The van der Waals surface area contributed by atoms with Crippen molar-refractivity contribution in [1.82, 2.24) is 0 Å². The van der Waals surface area contributed by atoms with Crippen molar-refractivity contribution in [1.29, 1.82) is 0 Å². The first-order chi connectivity index (χ1) is 13.8. The molecule has 2 unspecified atom stereocenters. The van der Waals surface area contributed by atoms with Crippen LogP contribution in [0.15, 0.2) is 24.3 Å². The van der Waals surface area contributed by atoms with Gasteiger partial charge in [-0.05, 0) is 62.3 Å². The third-order valence-electron chi connectivity index (χ3n) is 6.26. The number of hydrogen-bond donors (Lipinski definition) is 1. The van der Waals surface area contributed by atoms with Gasteiger partial charge in [0.15, 0.2) is 5.79 Å². The molecule has 1 saturated heterocycles. The summed E-state index contributed by atoms with van der Waals surface area (Å²) in [6.45, 7) is 5.23. The molecule has 1 N–H and O–H groups in total. The molecule has 0 aromatic heterocycles. The molecule has 164 valence electrons. The number of ether oxygens (including phenoxy) is 4. The molecule has 0 radical (unpaired) electrons. The van der Waals surface area contributed by atoms with Crippen LogP contribution < -0.4 is 9.47 Å². The number of alkyl halides is 1. The number of rotatable bonds is 8. The van der Waals surface area contributed by atoms with E-state index in [0.29, 0.717) is 23.8 Å². The van der Waals surface area contributed by atoms with Crippen LogP contribution in [0.4, 0.5) is 4.39 Å². The minimum Gasteiger partial charge on any atom is -0.465 e. The van der Waals surface area contributed by atoms with Crippen molar-refractivity contribution in [2.45, 2.75) is 77.4 Å². The van der Waals surface area contributed by atoms with Crippen molar-refractivity contribution >= 4 is 0 Å². The van der Waals surface area contributed by atoms with Gasteiger partial charge in [-0.1, -0.05) is 13.3 Å². The van der Waals surface area contributed by atoms with E-state index in [1.165, 1.54) is 6.92 Å². The average Bonchev–Trinajstić information content (AvgIpc) is 2.72. The maximum atomic E-state index is 13.0. The van der Waals surface area contributed by atoms with Gasteiger partial charge in [-0.3, -0.25) is 0 Å². The fourth-order valence-corrected chi connectivity index (χ4v) is 4.70. The molecule has 29 heavy (non-hydrogen) atoms. The molecule has 3 rings (SSSR count). The summed E-state index contributed by atoms with van der Waals surface area (Å²) in [6, 6.07) is 6.84. The Kier molecular flexibility index (Phi) is 7.37. The zero-order valence-electron chi connectivity index (χ0n) is 17.7. The molecule has 1 aliphatic carbocycles. The SMILES string of the molecule is CO[C@H](Oc1ccc(OC(C)F)cc1)[C@H](C)[C@@H]1CCC[C@@H]2CC[C@](C)(OO)OC21. The topological polar surface area (TPSA) is 66.4 Å². The van der Waals surface area contributed by atoms with Crippen LogP contribution in [0.1, 0.15) is 52.9 Å². The Hall–Kier alpha value is -1.41. The van der Waals surface area contributed by atoms with E-state index in [9.17, 15) is 9.65 Å². The lowest BCUT2D eigenvalue weighted by Gasteiger charge is -2.49. The normalized spacial score (nSPS) is 32.7. The monoisotopic (exact) mass is 412 g/mol. The van der Waals surface area contributed by atoms with Gasteiger partial charge in [0.1, 0.15) is 11.5 Å². The largest absolute Gasteiger partial charge is 0.465 e. The Labute approximate surface area is 172 Å². The summed E-state index contributed by atoms with van der Waals surface area (Å²) in [6.07, 6.45) is 3.10. The van der Waals surface area contributed by atoms with Crippen LogP contribution in [0.25, 0.3) is 0 Å². The summed E-state index contributed by atoms with van der Waals surface area (Å²) in [4.78, 5) is 4.65. The Bertz CT molecular complexity index is 639. The molecular weight excluding hydrogens is 379 g/mol. The molecule has 6 nitrogen and oxygen atoms in total. The molecule has 1 heterocycles. The first-order valence-electron chi connectivity index (χ1n) is 10.5. The molecule has 7 heteroatoms. The van der Waals surface area contributed by atoms with Crippen molar-refractivity contribution in [3.8, 4) is 11.5 Å². The van der Waals surface area contributed by atoms with Crippen LogP contribution in [0.5, 0.6) is 11.5 Å². The van der Waals surface area contributed by atoms with Crippen LogP contribution in [-0.4, -0.2) is 36.9 Å². The van der Waals surface area contributed by atoms with Gasteiger partial charge >= 0.3 is 0 Å². The Morgan fingerprint density at radius 2 is 1.76 bits per heavy atom. The molecule has 1 aliphatic heterocycles. The summed E-state index contributed by atoms with van der Waals surface area (Å²) in [5.41, 5.74) is 0. The van der Waals surface area contributed by atoms with Gasteiger partial charge in [-0.15, -0.1) is 0 Å². The third-order valence-corrected chi connectivity index (χ3v) is 6.26. The predicted molar refractivity (Wildman–Crippen MR) is 105 cm³/mol. The zero-order chi connectivity index (χ0) is 21.0. The highest BCUT2D eigenvalue weighted by Crippen LogP contribution is 2.46. The summed E-state index contributed by atoms with van der Waals surface area (Å²) in [5, 5.41) is 9.28. The zero-order valence-corrected chi connectivity index (χ0v) is 17.7. The summed E-state index contributed by atoms with van der Waals surface area (Å²) < 4.78 is 36.0. The summed E-state index contributed by atoms with van der Waals surface area (Å²) in [7, 11) is 1.63.